The van der Waals surface area contributed by atoms with Gasteiger partial charge in [-0.05, 0) is 37.6 Å². The third-order valence-corrected chi connectivity index (χ3v) is 7.02. The highest BCUT2D eigenvalue weighted by atomic mass is 32.2. The Bertz CT molecular complexity index is 1310. The van der Waals surface area contributed by atoms with E-state index in [1.54, 1.807) is 25.3 Å². The van der Waals surface area contributed by atoms with Gasteiger partial charge in [0.05, 0.1) is 17.1 Å². The van der Waals surface area contributed by atoms with Gasteiger partial charge in [-0.2, -0.15) is 9.98 Å². The topological polar surface area (TPSA) is 126 Å². The molecule has 0 aliphatic carbocycles. The fourth-order valence-electron chi connectivity index (χ4n) is 3.73. The van der Waals surface area contributed by atoms with Crippen LogP contribution in [0.1, 0.15) is 29.4 Å². The van der Waals surface area contributed by atoms with Crippen molar-refractivity contribution in [3.05, 3.63) is 53.6 Å². The maximum atomic E-state index is 13.6. The number of carbonyl (C=O) groups is 1. The lowest BCUT2D eigenvalue weighted by Gasteiger charge is -2.34. The number of rotatable bonds is 3. The summed E-state index contributed by atoms with van der Waals surface area (Å²) in [6.07, 6.45) is 7.13. The number of aryl methyl sites for hydroxylation is 1. The first kappa shape index (κ1) is 21.7. The van der Waals surface area contributed by atoms with Crippen molar-refractivity contribution in [2.75, 3.05) is 11.9 Å². The minimum absolute atomic E-state index is 0.0236. The van der Waals surface area contributed by atoms with Crippen molar-refractivity contribution in [2.24, 2.45) is 12.0 Å². The summed E-state index contributed by atoms with van der Waals surface area (Å²) in [7, 11) is -2.51. The third-order valence-electron chi connectivity index (χ3n) is 5.42. The van der Waals surface area contributed by atoms with E-state index in [0.29, 0.717) is 6.42 Å². The molecule has 3 heterocycles. The minimum Gasteiger partial charge on any atom is -0.488 e. The van der Waals surface area contributed by atoms with E-state index < -0.39 is 27.3 Å². The smallest absolute Gasteiger partial charge is 0.276 e. The van der Waals surface area contributed by atoms with Crippen LogP contribution >= 0.6 is 0 Å². The molecule has 0 saturated carbocycles. The average molecular weight is 457 g/mol. The minimum atomic E-state index is -4.03. The summed E-state index contributed by atoms with van der Waals surface area (Å²) >= 11 is 0. The molecule has 2 aromatic rings. The van der Waals surface area contributed by atoms with Gasteiger partial charge in [0.15, 0.2) is 11.4 Å². The molecular formula is C21H20FN5O4S. The monoisotopic (exact) mass is 457 g/mol. The number of nitrogens with one attached hydrogen (secondary N) is 2. The van der Waals surface area contributed by atoms with E-state index in [-0.39, 0.29) is 40.2 Å². The second kappa shape index (κ2) is 7.89. The number of anilines is 1. The van der Waals surface area contributed by atoms with Crippen molar-refractivity contribution in [1.82, 2.24) is 9.29 Å². The Labute approximate surface area is 184 Å². The molecule has 0 spiro atoms. The van der Waals surface area contributed by atoms with Crippen LogP contribution in [-0.2, 0) is 17.1 Å². The van der Waals surface area contributed by atoms with Crippen LogP contribution in [-0.4, -0.2) is 43.3 Å². The Morgan fingerprint density at radius 2 is 2.25 bits per heavy atom. The number of nitriles is 1. The molecule has 0 bridgehead atoms. The predicted molar refractivity (Wildman–Crippen MR) is 115 cm³/mol. The number of amides is 1. The van der Waals surface area contributed by atoms with Gasteiger partial charge < -0.3 is 14.6 Å². The summed E-state index contributed by atoms with van der Waals surface area (Å²) in [5.74, 6) is -1.46. The highest BCUT2D eigenvalue weighted by Gasteiger charge is 2.44. The average Bonchev–Trinajstić information content (AvgIpc) is 3.06. The summed E-state index contributed by atoms with van der Waals surface area (Å²) in [4.78, 5) is 17.2. The number of fused-ring (bicyclic) bond motifs is 1. The number of hydrogen-bond donors (Lipinski definition) is 2. The van der Waals surface area contributed by atoms with Crippen LogP contribution in [0.2, 0.25) is 0 Å². The van der Waals surface area contributed by atoms with E-state index in [9.17, 15) is 17.6 Å². The number of allylic oxidation sites excluding steroid dienone is 1. The number of aromatic nitrogens is 1. The first-order chi connectivity index (χ1) is 15.1. The van der Waals surface area contributed by atoms with E-state index >= 15 is 0 Å². The molecule has 2 aliphatic rings. The van der Waals surface area contributed by atoms with Gasteiger partial charge in [0.25, 0.3) is 5.91 Å². The van der Waals surface area contributed by atoms with Crippen LogP contribution in [0.5, 0.6) is 5.75 Å². The maximum absolute atomic E-state index is 13.6. The lowest BCUT2D eigenvalue weighted by Crippen LogP contribution is -2.56. The second-order valence-electron chi connectivity index (χ2n) is 7.83. The largest absolute Gasteiger partial charge is 0.488 e. The van der Waals surface area contributed by atoms with Crippen molar-refractivity contribution < 1.29 is 22.3 Å². The zero-order chi connectivity index (χ0) is 23.1. The Kier molecular flexibility index (Phi) is 5.36. The van der Waals surface area contributed by atoms with Gasteiger partial charge in [0.2, 0.25) is 10.0 Å². The first-order valence-corrected chi connectivity index (χ1v) is 11.2. The maximum Gasteiger partial charge on any atom is 0.276 e. The van der Waals surface area contributed by atoms with Crippen LogP contribution in [0.3, 0.4) is 0 Å². The zero-order valence-corrected chi connectivity index (χ0v) is 18.1. The SMILES string of the molecule is Cn1cc2c(c1C(=O)Nc1ccc(F)c(C#N)c1)OC[C@](C)(C1CC=CC=N1)NS2(=O)=O. The van der Waals surface area contributed by atoms with Gasteiger partial charge in [0, 0.05) is 25.1 Å². The van der Waals surface area contributed by atoms with Crippen LogP contribution < -0.4 is 14.8 Å². The van der Waals surface area contributed by atoms with Gasteiger partial charge in [-0.1, -0.05) is 6.08 Å². The quantitative estimate of drug-likeness (QED) is 0.730. The lowest BCUT2D eigenvalue weighted by molar-refractivity contribution is 0.101. The molecular weight excluding hydrogens is 437 g/mol. The number of aliphatic imine (C=N–C) groups is 1. The predicted octanol–water partition coefficient (Wildman–Crippen LogP) is 2.12. The van der Waals surface area contributed by atoms with Crippen molar-refractivity contribution in [1.29, 1.82) is 5.26 Å². The Morgan fingerprint density at radius 1 is 1.47 bits per heavy atom. The normalized spacial score (nSPS) is 23.5. The molecule has 1 aromatic carbocycles. The van der Waals surface area contributed by atoms with Crippen molar-refractivity contribution in [2.45, 2.75) is 29.8 Å². The molecule has 0 fully saturated rings. The fourth-order valence-corrected chi connectivity index (χ4v) is 5.35. The van der Waals surface area contributed by atoms with Crippen molar-refractivity contribution in [3.63, 3.8) is 0 Å². The molecule has 2 N–H and O–H groups in total. The number of halogens is 1. The van der Waals surface area contributed by atoms with Gasteiger partial charge in [0.1, 0.15) is 23.4 Å². The molecule has 1 unspecified atom stereocenters. The first-order valence-electron chi connectivity index (χ1n) is 9.70. The summed E-state index contributed by atoms with van der Waals surface area (Å²) in [6, 6.07) is 4.89. The molecule has 4 rings (SSSR count). The molecule has 0 radical (unpaired) electrons. The lowest BCUT2D eigenvalue weighted by atomic mass is 9.91. The van der Waals surface area contributed by atoms with E-state index in [4.69, 9.17) is 10.00 Å². The van der Waals surface area contributed by atoms with Crippen LogP contribution in [0.25, 0.3) is 0 Å². The summed E-state index contributed by atoms with van der Waals surface area (Å²) in [6.45, 7) is 1.66. The molecule has 2 aliphatic heterocycles. The molecule has 9 nitrogen and oxygen atoms in total. The van der Waals surface area contributed by atoms with Crippen molar-refractivity contribution in [3.8, 4) is 11.8 Å². The van der Waals surface area contributed by atoms with Crippen LogP contribution in [0, 0.1) is 17.1 Å². The molecule has 0 saturated heterocycles. The Hall–Kier alpha value is -3.49. The number of sulfonamides is 1. The molecule has 11 heteroatoms. The van der Waals surface area contributed by atoms with Crippen LogP contribution in [0.15, 0.2) is 46.4 Å². The number of dihydropyridines is 1. The fraction of sp³-hybridized carbons (Fsp3) is 0.286. The number of hydrogen-bond acceptors (Lipinski definition) is 6. The third kappa shape index (κ3) is 3.79. The molecule has 32 heavy (non-hydrogen) atoms. The van der Waals surface area contributed by atoms with Crippen molar-refractivity contribution >= 4 is 27.8 Å². The highest BCUT2D eigenvalue weighted by molar-refractivity contribution is 7.89. The van der Waals surface area contributed by atoms with Gasteiger partial charge in [-0.15, -0.1) is 0 Å². The Morgan fingerprint density at radius 3 is 2.94 bits per heavy atom. The summed E-state index contributed by atoms with van der Waals surface area (Å²) in [5.41, 5.74) is -1.10. The second-order valence-corrected chi connectivity index (χ2v) is 9.48. The van der Waals surface area contributed by atoms with Gasteiger partial charge >= 0.3 is 0 Å². The Balaban J connectivity index is 1.68. The van der Waals surface area contributed by atoms with E-state index in [1.165, 1.54) is 29.9 Å². The molecule has 1 aromatic heterocycles. The molecule has 2 atom stereocenters. The standard InChI is InChI=1S/C21H20FN5O4S/c1-21(17-5-3-4-8-24-17)12-31-19-16(32(29,30)26-21)11-27(2)18(19)20(28)25-14-6-7-15(22)13(9-14)10-23/h3-4,6-9,11,17,26H,5,12H2,1-2H3,(H,25,28)/t17?,21-/m1/s1. The zero-order valence-electron chi connectivity index (χ0n) is 17.3. The van der Waals surface area contributed by atoms with Gasteiger partial charge in [-0.3, -0.25) is 9.79 Å². The molecule has 1 amide bonds. The van der Waals surface area contributed by atoms with E-state index in [0.717, 1.165) is 6.07 Å². The molecule has 166 valence electrons. The highest BCUT2D eigenvalue weighted by Crippen LogP contribution is 2.36. The number of nitrogens with zero attached hydrogens (tertiary/aromatic N) is 3. The summed E-state index contributed by atoms with van der Waals surface area (Å²) < 4.78 is 49.8. The number of carbonyl (C=O) groups excluding carboxylic acids is 1. The van der Waals surface area contributed by atoms with E-state index in [2.05, 4.69) is 15.0 Å². The number of ether oxygens (including phenoxy) is 1. The van der Waals surface area contributed by atoms with E-state index in [1.807, 2.05) is 6.08 Å². The van der Waals surface area contributed by atoms with Crippen LogP contribution in [0.4, 0.5) is 10.1 Å². The van der Waals surface area contributed by atoms with Gasteiger partial charge in [-0.25, -0.2) is 12.8 Å². The summed E-state index contributed by atoms with van der Waals surface area (Å²) in [5, 5.41) is 11.6. The number of benzene rings is 1.